The Balaban J connectivity index is 1.43. The first-order chi connectivity index (χ1) is 14.9. The molecule has 9 heteroatoms. The summed E-state index contributed by atoms with van der Waals surface area (Å²) in [6.07, 6.45) is 1.82. The molecule has 158 valence electrons. The Bertz CT molecular complexity index is 1160. The number of aromatic nitrogens is 2. The fourth-order valence-corrected chi connectivity index (χ4v) is 3.48. The van der Waals surface area contributed by atoms with Gasteiger partial charge >= 0.3 is 5.97 Å². The number of nitrogens with zero attached hydrogens (tertiary/aromatic N) is 3. The van der Waals surface area contributed by atoms with Crippen molar-refractivity contribution in [3.8, 4) is 0 Å². The quantitative estimate of drug-likeness (QED) is 0.618. The number of benzene rings is 2. The number of anilines is 2. The molecule has 3 aromatic rings. The predicted molar refractivity (Wildman–Crippen MR) is 115 cm³/mol. The number of amides is 2. The van der Waals surface area contributed by atoms with Gasteiger partial charge in [-0.2, -0.15) is 5.10 Å². The molecule has 2 amide bonds. The van der Waals surface area contributed by atoms with Crippen molar-refractivity contribution in [2.45, 2.75) is 19.6 Å². The number of carbonyl (C=O) groups is 3. The second kappa shape index (κ2) is 8.61. The molecule has 0 saturated carbocycles. The van der Waals surface area contributed by atoms with Gasteiger partial charge in [-0.3, -0.25) is 19.2 Å². The zero-order valence-corrected chi connectivity index (χ0v) is 17.4. The second-order valence-corrected chi connectivity index (χ2v) is 7.46. The van der Waals surface area contributed by atoms with Crippen LogP contribution in [0, 0.1) is 0 Å². The molecule has 2 heterocycles. The molecule has 0 spiro atoms. The van der Waals surface area contributed by atoms with Gasteiger partial charge in [0.05, 0.1) is 29.7 Å². The fraction of sp³-hybridized carbons (Fsp3) is 0.182. The lowest BCUT2D eigenvalue weighted by Crippen LogP contribution is -2.47. The first kappa shape index (κ1) is 20.6. The van der Waals surface area contributed by atoms with Crippen LogP contribution >= 0.6 is 11.6 Å². The molecule has 31 heavy (non-hydrogen) atoms. The van der Waals surface area contributed by atoms with Crippen LogP contribution in [0.15, 0.2) is 60.9 Å². The average Bonchev–Trinajstić information content (AvgIpc) is 3.23. The van der Waals surface area contributed by atoms with Crippen LogP contribution in [0.5, 0.6) is 0 Å². The molecule has 2 aromatic carbocycles. The molecule has 0 unspecified atom stereocenters. The van der Waals surface area contributed by atoms with E-state index in [1.54, 1.807) is 35.0 Å². The third-order valence-electron chi connectivity index (χ3n) is 4.83. The Morgan fingerprint density at radius 1 is 1.19 bits per heavy atom. The molecule has 8 nitrogen and oxygen atoms in total. The third-order valence-corrected chi connectivity index (χ3v) is 5.20. The second-order valence-electron chi connectivity index (χ2n) is 7.06. The number of rotatable bonds is 5. The van der Waals surface area contributed by atoms with Crippen LogP contribution in [0.3, 0.4) is 0 Å². The maximum Gasteiger partial charge on any atom is 0.342 e. The molecule has 1 aliphatic rings. The number of para-hydroxylation sites is 2. The van der Waals surface area contributed by atoms with Crippen molar-refractivity contribution in [2.24, 2.45) is 0 Å². The molecule has 0 radical (unpaired) electrons. The summed E-state index contributed by atoms with van der Waals surface area (Å²) in [5, 5.41) is 7.48. The Labute approximate surface area is 183 Å². The number of halogens is 1. The van der Waals surface area contributed by atoms with Gasteiger partial charge in [0, 0.05) is 11.2 Å². The van der Waals surface area contributed by atoms with Gasteiger partial charge in [0.15, 0.2) is 6.10 Å². The number of ether oxygens (including phenoxy) is 1. The number of nitrogens with one attached hydrogen (secondary N) is 1. The van der Waals surface area contributed by atoms with Crippen molar-refractivity contribution in [1.82, 2.24) is 9.78 Å². The molecule has 4 rings (SSSR count). The standard InChI is InChI=1S/C22H19ClN4O4/c1-14(21(29)27-13-20(28)25-18-8-4-5-9-19(18)27)31-22(30)16-10-24-26(12-16)11-15-6-2-3-7-17(15)23/h2-10,12,14H,11,13H2,1H3,(H,25,28)/t14-/m0/s1. The Kier molecular flexibility index (Phi) is 5.73. The summed E-state index contributed by atoms with van der Waals surface area (Å²) < 4.78 is 6.91. The van der Waals surface area contributed by atoms with Gasteiger partial charge in [0.2, 0.25) is 5.91 Å². The molecule has 1 aromatic heterocycles. The van der Waals surface area contributed by atoms with E-state index >= 15 is 0 Å². The number of fused-ring (bicyclic) bond motifs is 1. The summed E-state index contributed by atoms with van der Waals surface area (Å²) in [7, 11) is 0. The zero-order valence-electron chi connectivity index (χ0n) is 16.6. The molecule has 0 bridgehead atoms. The lowest BCUT2D eigenvalue weighted by atomic mass is 10.1. The lowest BCUT2D eigenvalue weighted by molar-refractivity contribution is -0.128. The number of carbonyl (C=O) groups excluding carboxylic acids is 3. The van der Waals surface area contributed by atoms with E-state index in [4.69, 9.17) is 16.3 Å². The van der Waals surface area contributed by atoms with Crippen LogP contribution in [0.4, 0.5) is 11.4 Å². The van der Waals surface area contributed by atoms with Gasteiger partial charge < -0.3 is 10.1 Å². The summed E-state index contributed by atoms with van der Waals surface area (Å²) in [5.41, 5.74) is 2.16. The zero-order chi connectivity index (χ0) is 22.0. The number of hydrogen-bond acceptors (Lipinski definition) is 5. The minimum atomic E-state index is -1.08. The van der Waals surface area contributed by atoms with Crippen LogP contribution in [0.25, 0.3) is 0 Å². The minimum absolute atomic E-state index is 0.145. The Hall–Kier alpha value is -3.65. The summed E-state index contributed by atoms with van der Waals surface area (Å²) in [4.78, 5) is 38.7. The molecular formula is C22H19ClN4O4. The van der Waals surface area contributed by atoms with Crippen LogP contribution in [0.1, 0.15) is 22.8 Å². The molecular weight excluding hydrogens is 420 g/mol. The maximum absolute atomic E-state index is 12.9. The van der Waals surface area contributed by atoms with Crippen LogP contribution in [0.2, 0.25) is 5.02 Å². The topological polar surface area (TPSA) is 93.5 Å². The molecule has 0 aliphatic carbocycles. The average molecular weight is 439 g/mol. The molecule has 1 aliphatic heterocycles. The highest BCUT2D eigenvalue weighted by molar-refractivity contribution is 6.31. The predicted octanol–water partition coefficient (Wildman–Crippen LogP) is 3.12. The van der Waals surface area contributed by atoms with E-state index in [0.717, 1.165) is 5.56 Å². The van der Waals surface area contributed by atoms with Gasteiger partial charge in [-0.25, -0.2) is 4.79 Å². The van der Waals surface area contributed by atoms with Crippen molar-refractivity contribution >= 4 is 40.8 Å². The first-order valence-corrected chi connectivity index (χ1v) is 9.97. The van der Waals surface area contributed by atoms with Crippen molar-refractivity contribution in [1.29, 1.82) is 0 Å². The van der Waals surface area contributed by atoms with Gasteiger partial charge in [-0.15, -0.1) is 0 Å². The van der Waals surface area contributed by atoms with E-state index in [0.29, 0.717) is 22.9 Å². The Morgan fingerprint density at radius 2 is 1.94 bits per heavy atom. The van der Waals surface area contributed by atoms with E-state index in [1.165, 1.54) is 24.2 Å². The van der Waals surface area contributed by atoms with Gasteiger partial charge in [0.1, 0.15) is 6.54 Å². The van der Waals surface area contributed by atoms with Crippen molar-refractivity contribution in [3.05, 3.63) is 77.1 Å². The number of esters is 1. The van der Waals surface area contributed by atoms with E-state index < -0.39 is 18.0 Å². The van der Waals surface area contributed by atoms with Crippen molar-refractivity contribution in [2.75, 3.05) is 16.8 Å². The van der Waals surface area contributed by atoms with Gasteiger partial charge in [0.25, 0.3) is 5.91 Å². The molecule has 1 N–H and O–H groups in total. The largest absolute Gasteiger partial charge is 0.449 e. The normalized spacial score (nSPS) is 13.9. The van der Waals surface area contributed by atoms with E-state index in [9.17, 15) is 14.4 Å². The smallest absolute Gasteiger partial charge is 0.342 e. The molecule has 0 saturated heterocycles. The summed E-state index contributed by atoms with van der Waals surface area (Å²) in [6.45, 7) is 1.72. The van der Waals surface area contributed by atoms with E-state index in [2.05, 4.69) is 10.4 Å². The SMILES string of the molecule is C[C@H](OC(=O)c1cnn(Cc2ccccc2Cl)c1)C(=O)N1CC(=O)Nc2ccccc21. The lowest BCUT2D eigenvalue weighted by Gasteiger charge is -2.30. The highest BCUT2D eigenvalue weighted by Gasteiger charge is 2.31. The van der Waals surface area contributed by atoms with Gasteiger partial charge in [-0.05, 0) is 30.7 Å². The molecule has 0 fully saturated rings. The summed E-state index contributed by atoms with van der Waals surface area (Å²) in [5.74, 6) is -1.48. The van der Waals surface area contributed by atoms with Crippen LogP contribution in [-0.4, -0.2) is 40.2 Å². The minimum Gasteiger partial charge on any atom is -0.449 e. The Morgan fingerprint density at radius 3 is 2.74 bits per heavy atom. The van der Waals surface area contributed by atoms with Gasteiger partial charge in [-0.1, -0.05) is 41.9 Å². The van der Waals surface area contributed by atoms with Crippen molar-refractivity contribution < 1.29 is 19.1 Å². The monoisotopic (exact) mass is 438 g/mol. The number of hydrogen-bond donors (Lipinski definition) is 1. The summed E-state index contributed by atoms with van der Waals surface area (Å²) in [6, 6.07) is 14.3. The van der Waals surface area contributed by atoms with E-state index in [-0.39, 0.29) is 18.0 Å². The van der Waals surface area contributed by atoms with Crippen LogP contribution in [-0.2, 0) is 20.9 Å². The van der Waals surface area contributed by atoms with E-state index in [1.807, 2.05) is 18.2 Å². The highest BCUT2D eigenvalue weighted by atomic mass is 35.5. The maximum atomic E-state index is 12.9. The first-order valence-electron chi connectivity index (χ1n) is 9.59. The highest BCUT2D eigenvalue weighted by Crippen LogP contribution is 2.29. The van der Waals surface area contributed by atoms with Crippen molar-refractivity contribution in [3.63, 3.8) is 0 Å². The van der Waals surface area contributed by atoms with Crippen LogP contribution < -0.4 is 10.2 Å². The summed E-state index contributed by atoms with van der Waals surface area (Å²) >= 11 is 6.16. The molecule has 1 atom stereocenters. The third kappa shape index (κ3) is 4.44. The fourth-order valence-electron chi connectivity index (χ4n) is 3.28.